The summed E-state index contributed by atoms with van der Waals surface area (Å²) in [5, 5.41) is 12.9. The summed E-state index contributed by atoms with van der Waals surface area (Å²) in [5.41, 5.74) is -0.0386. The first kappa shape index (κ1) is 17.5. The average Bonchev–Trinajstić information content (AvgIpc) is 2.47. The Bertz CT molecular complexity index is 547. The summed E-state index contributed by atoms with van der Waals surface area (Å²) in [6.45, 7) is 8.53. The zero-order chi connectivity index (χ0) is 17.0. The molecule has 0 saturated carbocycles. The molecule has 1 fully saturated rings. The molecule has 0 spiro atoms. The van der Waals surface area contributed by atoms with E-state index in [1.165, 1.54) is 6.33 Å². The van der Waals surface area contributed by atoms with Gasteiger partial charge in [-0.2, -0.15) is 0 Å². The predicted octanol–water partition coefficient (Wildman–Crippen LogP) is 0.964. The lowest BCUT2D eigenvalue weighted by atomic mass is 9.87. The molecule has 0 bridgehead atoms. The van der Waals surface area contributed by atoms with Crippen molar-refractivity contribution in [3.8, 4) is 0 Å². The molecule has 0 radical (unpaired) electrons. The number of likely N-dealkylation sites (N-methyl/N-ethyl adjacent to an activating group) is 1. The van der Waals surface area contributed by atoms with E-state index in [-0.39, 0.29) is 17.4 Å². The molecule has 1 unspecified atom stereocenters. The van der Waals surface area contributed by atoms with Gasteiger partial charge in [-0.3, -0.25) is 4.79 Å². The number of carbonyl (C=O) groups excluding carboxylic acids is 1. The molecule has 1 aliphatic heterocycles. The minimum Gasteiger partial charge on any atom is -0.393 e. The van der Waals surface area contributed by atoms with Gasteiger partial charge in [-0.05, 0) is 18.8 Å². The molecule has 1 aliphatic rings. The van der Waals surface area contributed by atoms with Gasteiger partial charge in [0.15, 0.2) is 0 Å². The molecule has 0 aromatic carbocycles. The highest BCUT2D eigenvalue weighted by Gasteiger charge is 2.23. The lowest BCUT2D eigenvalue weighted by Crippen LogP contribution is -2.48. The van der Waals surface area contributed by atoms with E-state index in [2.05, 4.69) is 29.1 Å². The summed E-state index contributed by atoms with van der Waals surface area (Å²) in [5.74, 6) is 1.60. The van der Waals surface area contributed by atoms with Crippen LogP contribution in [0.15, 0.2) is 12.4 Å². The molecule has 1 atom stereocenters. The lowest BCUT2D eigenvalue weighted by Gasteiger charge is -2.32. The van der Waals surface area contributed by atoms with Crippen molar-refractivity contribution in [2.24, 2.45) is 5.41 Å². The Morgan fingerprint density at radius 3 is 2.78 bits per heavy atom. The topological polar surface area (TPSA) is 81.6 Å². The van der Waals surface area contributed by atoms with Crippen molar-refractivity contribution >= 4 is 17.5 Å². The van der Waals surface area contributed by atoms with Gasteiger partial charge in [0.25, 0.3) is 0 Å². The average molecular weight is 321 g/mol. The van der Waals surface area contributed by atoms with E-state index in [0.717, 1.165) is 18.2 Å². The molecule has 1 saturated heterocycles. The normalized spacial score (nSPS) is 17.3. The maximum Gasteiger partial charge on any atom is 0.241 e. The van der Waals surface area contributed by atoms with Gasteiger partial charge in [-0.15, -0.1) is 0 Å². The van der Waals surface area contributed by atoms with Crippen molar-refractivity contribution in [2.45, 2.75) is 33.3 Å². The smallest absolute Gasteiger partial charge is 0.241 e. The van der Waals surface area contributed by atoms with Crippen LogP contribution in [0.1, 0.15) is 27.2 Å². The molecule has 0 aliphatic carbocycles. The summed E-state index contributed by atoms with van der Waals surface area (Å²) in [6, 6.07) is 1.87. The van der Waals surface area contributed by atoms with Crippen LogP contribution in [-0.2, 0) is 4.79 Å². The fourth-order valence-corrected chi connectivity index (χ4v) is 2.77. The second-order valence-corrected chi connectivity index (χ2v) is 7.07. The standard InChI is InChI=1S/C16H27N5O2/c1-12(22)8-16(2,3)10-17-13-7-14(19-11-18-13)21-6-5-20(4)15(23)9-21/h7,11-12,22H,5-6,8-10H2,1-4H3,(H,17,18,19). The number of rotatable bonds is 6. The number of nitrogens with zero attached hydrogens (tertiary/aromatic N) is 4. The van der Waals surface area contributed by atoms with Crippen molar-refractivity contribution in [3.63, 3.8) is 0 Å². The predicted molar refractivity (Wildman–Crippen MR) is 90.5 cm³/mol. The van der Waals surface area contributed by atoms with Crippen LogP contribution in [0.4, 0.5) is 11.6 Å². The van der Waals surface area contributed by atoms with Gasteiger partial charge in [0.2, 0.25) is 5.91 Å². The second-order valence-electron chi connectivity index (χ2n) is 7.07. The third-order valence-corrected chi connectivity index (χ3v) is 4.03. The lowest BCUT2D eigenvalue weighted by molar-refractivity contribution is -0.129. The minimum atomic E-state index is -0.330. The first-order chi connectivity index (χ1) is 10.8. The van der Waals surface area contributed by atoms with E-state index in [0.29, 0.717) is 26.1 Å². The maximum absolute atomic E-state index is 11.8. The number of carbonyl (C=O) groups is 1. The van der Waals surface area contributed by atoms with E-state index in [9.17, 15) is 9.90 Å². The van der Waals surface area contributed by atoms with Crippen LogP contribution in [-0.4, -0.2) is 65.2 Å². The number of aliphatic hydroxyl groups is 1. The summed E-state index contributed by atoms with van der Waals surface area (Å²) in [6.07, 6.45) is 1.90. The van der Waals surface area contributed by atoms with Crippen LogP contribution in [0.5, 0.6) is 0 Å². The molecular weight excluding hydrogens is 294 g/mol. The van der Waals surface area contributed by atoms with Gasteiger partial charge in [-0.1, -0.05) is 13.8 Å². The Hall–Kier alpha value is -1.89. The zero-order valence-electron chi connectivity index (χ0n) is 14.4. The van der Waals surface area contributed by atoms with Crippen molar-refractivity contribution in [3.05, 3.63) is 12.4 Å². The molecule has 128 valence electrons. The molecule has 2 N–H and O–H groups in total. The maximum atomic E-state index is 11.8. The van der Waals surface area contributed by atoms with Gasteiger partial charge in [-0.25, -0.2) is 9.97 Å². The van der Waals surface area contributed by atoms with Crippen molar-refractivity contribution in [1.29, 1.82) is 0 Å². The summed E-state index contributed by atoms with van der Waals surface area (Å²) < 4.78 is 0. The number of anilines is 2. The SMILES string of the molecule is CC(O)CC(C)(C)CNc1cc(N2CCN(C)C(=O)C2)ncn1. The Morgan fingerprint density at radius 1 is 1.39 bits per heavy atom. The largest absolute Gasteiger partial charge is 0.393 e. The Morgan fingerprint density at radius 2 is 2.13 bits per heavy atom. The number of piperazine rings is 1. The van der Waals surface area contributed by atoms with E-state index >= 15 is 0 Å². The minimum absolute atomic E-state index is 0.0386. The number of hydrogen-bond acceptors (Lipinski definition) is 6. The van der Waals surface area contributed by atoms with E-state index in [1.54, 1.807) is 11.8 Å². The van der Waals surface area contributed by atoms with Crippen LogP contribution in [0.3, 0.4) is 0 Å². The van der Waals surface area contributed by atoms with Crippen LogP contribution in [0, 0.1) is 5.41 Å². The molecular formula is C16H27N5O2. The fourth-order valence-electron chi connectivity index (χ4n) is 2.77. The monoisotopic (exact) mass is 321 g/mol. The Labute approximate surface area is 137 Å². The number of nitrogens with one attached hydrogen (secondary N) is 1. The highest BCUT2D eigenvalue weighted by atomic mass is 16.3. The molecule has 1 aromatic rings. The first-order valence-electron chi connectivity index (χ1n) is 8.00. The molecule has 1 amide bonds. The van der Waals surface area contributed by atoms with Gasteiger partial charge >= 0.3 is 0 Å². The molecule has 7 heteroatoms. The molecule has 2 rings (SSSR count). The number of aliphatic hydroxyl groups excluding tert-OH is 1. The number of hydrogen-bond donors (Lipinski definition) is 2. The zero-order valence-corrected chi connectivity index (χ0v) is 14.4. The van der Waals surface area contributed by atoms with Crippen LogP contribution >= 0.6 is 0 Å². The quantitative estimate of drug-likeness (QED) is 0.812. The molecule has 7 nitrogen and oxygen atoms in total. The highest BCUT2D eigenvalue weighted by Crippen LogP contribution is 2.23. The van der Waals surface area contributed by atoms with Gasteiger partial charge < -0.3 is 20.2 Å². The van der Waals surface area contributed by atoms with E-state index < -0.39 is 0 Å². The Balaban J connectivity index is 1.99. The number of amides is 1. The van der Waals surface area contributed by atoms with Crippen LogP contribution < -0.4 is 10.2 Å². The molecule has 2 heterocycles. The van der Waals surface area contributed by atoms with Crippen molar-refractivity contribution in [1.82, 2.24) is 14.9 Å². The number of aromatic nitrogens is 2. The van der Waals surface area contributed by atoms with E-state index in [1.807, 2.05) is 18.0 Å². The van der Waals surface area contributed by atoms with Crippen LogP contribution in [0.2, 0.25) is 0 Å². The van der Waals surface area contributed by atoms with Gasteiger partial charge in [0.1, 0.15) is 18.0 Å². The first-order valence-corrected chi connectivity index (χ1v) is 8.00. The van der Waals surface area contributed by atoms with Crippen LogP contribution in [0.25, 0.3) is 0 Å². The third-order valence-electron chi connectivity index (χ3n) is 4.03. The van der Waals surface area contributed by atoms with Crippen molar-refractivity contribution < 1.29 is 9.90 Å². The van der Waals surface area contributed by atoms with Crippen molar-refractivity contribution in [2.75, 3.05) is 43.4 Å². The van der Waals surface area contributed by atoms with E-state index in [4.69, 9.17) is 0 Å². The van der Waals surface area contributed by atoms with Gasteiger partial charge in [0, 0.05) is 32.7 Å². The third kappa shape index (κ3) is 5.06. The summed E-state index contributed by atoms with van der Waals surface area (Å²) in [7, 11) is 1.82. The highest BCUT2D eigenvalue weighted by molar-refractivity contribution is 5.82. The fraction of sp³-hybridized carbons (Fsp3) is 0.688. The summed E-state index contributed by atoms with van der Waals surface area (Å²) in [4.78, 5) is 24.0. The second kappa shape index (κ2) is 7.12. The molecule has 23 heavy (non-hydrogen) atoms. The van der Waals surface area contributed by atoms with Gasteiger partial charge in [0.05, 0.1) is 12.6 Å². The molecule has 1 aromatic heterocycles. The Kier molecular flexibility index (Phi) is 5.41. The summed E-state index contributed by atoms with van der Waals surface area (Å²) >= 11 is 0.